The van der Waals surface area contributed by atoms with Crippen molar-refractivity contribution in [3.05, 3.63) is 53.7 Å². The molecular formula is C23H25NO3. The Morgan fingerprint density at radius 1 is 0.926 bits per heavy atom. The normalized spacial score (nSPS) is 17.5. The van der Waals surface area contributed by atoms with E-state index in [1.165, 1.54) is 34.7 Å². The smallest absolute Gasteiger partial charge is 0.449 e. The van der Waals surface area contributed by atoms with Crippen LogP contribution in [0.15, 0.2) is 42.6 Å². The maximum Gasteiger partial charge on any atom is 0.512 e. The van der Waals surface area contributed by atoms with Gasteiger partial charge in [-0.1, -0.05) is 52.0 Å². The monoisotopic (exact) mass is 363 g/mol. The highest BCUT2D eigenvalue weighted by Crippen LogP contribution is 2.47. The zero-order valence-corrected chi connectivity index (χ0v) is 16.2. The molecule has 0 aliphatic heterocycles. The maximum atomic E-state index is 10.7. The molecule has 140 valence electrons. The first-order chi connectivity index (χ1) is 12.7. The molecule has 0 fully saturated rings. The summed E-state index contributed by atoms with van der Waals surface area (Å²) in [6, 6.07) is 12.8. The van der Waals surface area contributed by atoms with Gasteiger partial charge >= 0.3 is 6.16 Å². The highest BCUT2D eigenvalue weighted by atomic mass is 16.7. The number of fused-ring (bicyclic) bond motifs is 2. The molecule has 0 saturated carbocycles. The Morgan fingerprint density at radius 2 is 1.56 bits per heavy atom. The van der Waals surface area contributed by atoms with Gasteiger partial charge in [-0.3, -0.25) is 0 Å². The Kier molecular flexibility index (Phi) is 3.84. The number of H-pyrrole nitrogens is 1. The van der Waals surface area contributed by atoms with E-state index < -0.39 is 6.16 Å². The first-order valence-corrected chi connectivity index (χ1v) is 9.34. The first-order valence-electron chi connectivity index (χ1n) is 9.34. The van der Waals surface area contributed by atoms with Gasteiger partial charge in [0.1, 0.15) is 0 Å². The van der Waals surface area contributed by atoms with Crippen molar-refractivity contribution in [2.75, 3.05) is 0 Å². The highest BCUT2D eigenvalue weighted by Gasteiger charge is 2.37. The molecule has 0 radical (unpaired) electrons. The topological polar surface area (TPSA) is 62.3 Å². The van der Waals surface area contributed by atoms with Gasteiger partial charge in [-0.25, -0.2) is 4.79 Å². The lowest BCUT2D eigenvalue weighted by Crippen LogP contribution is -2.33. The summed E-state index contributed by atoms with van der Waals surface area (Å²) in [5, 5.41) is 11.2. The third-order valence-electron chi connectivity index (χ3n) is 6.00. The number of aromatic amines is 1. The molecule has 0 unspecified atom stereocenters. The number of rotatable bonds is 2. The summed E-state index contributed by atoms with van der Waals surface area (Å²) in [6.45, 7) is 9.34. The summed E-state index contributed by atoms with van der Waals surface area (Å²) < 4.78 is 4.69. The van der Waals surface area contributed by atoms with Crippen molar-refractivity contribution in [1.29, 1.82) is 0 Å². The van der Waals surface area contributed by atoms with Crippen LogP contribution in [-0.4, -0.2) is 16.2 Å². The van der Waals surface area contributed by atoms with Gasteiger partial charge in [0.2, 0.25) is 5.88 Å². The molecule has 27 heavy (non-hydrogen) atoms. The molecule has 4 nitrogen and oxygen atoms in total. The molecule has 0 amide bonds. The van der Waals surface area contributed by atoms with Gasteiger partial charge in [0.15, 0.2) is 0 Å². The lowest BCUT2D eigenvalue weighted by molar-refractivity contribution is 0.143. The van der Waals surface area contributed by atoms with Crippen LogP contribution in [0, 0.1) is 0 Å². The van der Waals surface area contributed by atoms with Crippen LogP contribution in [0.2, 0.25) is 0 Å². The molecule has 1 aliphatic rings. The summed E-state index contributed by atoms with van der Waals surface area (Å²) in [5.74, 6) is 0.228. The van der Waals surface area contributed by atoms with E-state index in [1.54, 1.807) is 12.3 Å². The average Bonchev–Trinajstić information content (AvgIpc) is 3.05. The van der Waals surface area contributed by atoms with E-state index in [0.717, 1.165) is 11.1 Å². The second kappa shape index (κ2) is 5.88. The van der Waals surface area contributed by atoms with Gasteiger partial charge in [-0.15, -0.1) is 0 Å². The quantitative estimate of drug-likeness (QED) is 0.530. The first kappa shape index (κ1) is 17.7. The summed E-state index contributed by atoms with van der Waals surface area (Å²) in [5.41, 5.74) is 5.20. The molecule has 2 N–H and O–H groups in total. The minimum atomic E-state index is -1.32. The third-order valence-corrected chi connectivity index (χ3v) is 6.00. The van der Waals surface area contributed by atoms with Crippen LogP contribution < -0.4 is 4.74 Å². The zero-order chi connectivity index (χ0) is 19.4. The summed E-state index contributed by atoms with van der Waals surface area (Å²) >= 11 is 0. The molecule has 0 spiro atoms. The molecule has 4 rings (SSSR count). The molecule has 2 aromatic carbocycles. The minimum Gasteiger partial charge on any atom is -0.449 e. The lowest BCUT2D eigenvalue weighted by Gasteiger charge is -2.42. The molecule has 1 aromatic heterocycles. The molecular weight excluding hydrogens is 338 g/mol. The van der Waals surface area contributed by atoms with Crippen LogP contribution in [0.4, 0.5) is 4.79 Å². The van der Waals surface area contributed by atoms with Gasteiger partial charge in [-0.2, -0.15) is 0 Å². The lowest BCUT2D eigenvalue weighted by atomic mass is 9.63. The number of benzene rings is 2. The number of nitrogens with one attached hydrogen (secondary N) is 1. The largest absolute Gasteiger partial charge is 0.512 e. The Morgan fingerprint density at radius 3 is 2.19 bits per heavy atom. The zero-order valence-electron chi connectivity index (χ0n) is 16.2. The van der Waals surface area contributed by atoms with E-state index >= 15 is 0 Å². The highest BCUT2D eigenvalue weighted by molar-refractivity contribution is 5.89. The molecule has 0 atom stereocenters. The Labute approximate surface area is 159 Å². The Balaban J connectivity index is 1.81. The van der Waals surface area contributed by atoms with Gasteiger partial charge in [0, 0.05) is 17.8 Å². The van der Waals surface area contributed by atoms with Crippen molar-refractivity contribution >= 4 is 16.9 Å². The second-order valence-corrected chi connectivity index (χ2v) is 8.85. The molecule has 1 heterocycles. The van der Waals surface area contributed by atoms with Crippen LogP contribution >= 0.6 is 0 Å². The van der Waals surface area contributed by atoms with E-state index in [-0.39, 0.29) is 16.7 Å². The van der Waals surface area contributed by atoms with Crippen LogP contribution in [-0.2, 0) is 10.8 Å². The molecule has 0 bridgehead atoms. The maximum absolute atomic E-state index is 10.7. The van der Waals surface area contributed by atoms with Gasteiger partial charge in [0.25, 0.3) is 0 Å². The fourth-order valence-corrected chi connectivity index (χ4v) is 4.18. The van der Waals surface area contributed by atoms with Crippen molar-refractivity contribution in [3.8, 4) is 17.0 Å². The standard InChI is InChI=1S/C23H25NO3/c1-22(2)7-8-23(3,4)19-11-16-9-14(5-6-15(16)10-18(19)22)17-12-20(24-13-17)27-21(25)26/h5-6,9-13,24H,7-8H2,1-4H3,(H,25,26). The molecule has 4 heteroatoms. The van der Waals surface area contributed by atoms with Crippen LogP contribution in [0.5, 0.6) is 5.88 Å². The van der Waals surface area contributed by atoms with Crippen LogP contribution in [0.1, 0.15) is 51.7 Å². The number of hydrogen-bond donors (Lipinski definition) is 2. The van der Waals surface area contributed by atoms with Crippen LogP contribution in [0.25, 0.3) is 21.9 Å². The summed E-state index contributed by atoms with van der Waals surface area (Å²) in [7, 11) is 0. The Hall–Kier alpha value is -2.75. The summed E-state index contributed by atoms with van der Waals surface area (Å²) in [4.78, 5) is 13.6. The van der Waals surface area contributed by atoms with E-state index in [0.29, 0.717) is 0 Å². The van der Waals surface area contributed by atoms with Gasteiger partial charge in [-0.05, 0) is 57.2 Å². The van der Waals surface area contributed by atoms with Gasteiger partial charge < -0.3 is 14.8 Å². The second-order valence-electron chi connectivity index (χ2n) is 8.85. The number of hydrogen-bond acceptors (Lipinski definition) is 2. The molecule has 1 aliphatic carbocycles. The van der Waals surface area contributed by atoms with E-state index in [4.69, 9.17) is 5.11 Å². The summed E-state index contributed by atoms with van der Waals surface area (Å²) in [6.07, 6.45) is 2.83. The average molecular weight is 363 g/mol. The minimum absolute atomic E-state index is 0.172. The van der Waals surface area contributed by atoms with Gasteiger partial charge in [0.05, 0.1) is 0 Å². The van der Waals surface area contributed by atoms with E-state index in [1.807, 2.05) is 0 Å². The number of carboxylic acid groups (broad SMARTS) is 1. The number of carbonyl (C=O) groups is 1. The van der Waals surface area contributed by atoms with Crippen molar-refractivity contribution in [1.82, 2.24) is 4.98 Å². The Bertz CT molecular complexity index is 1040. The van der Waals surface area contributed by atoms with E-state index in [9.17, 15) is 4.79 Å². The number of aromatic nitrogens is 1. The molecule has 3 aromatic rings. The van der Waals surface area contributed by atoms with E-state index in [2.05, 4.69) is 67.7 Å². The van der Waals surface area contributed by atoms with Crippen molar-refractivity contribution in [2.45, 2.75) is 51.4 Å². The van der Waals surface area contributed by atoms with Crippen LogP contribution in [0.3, 0.4) is 0 Å². The fourth-order valence-electron chi connectivity index (χ4n) is 4.18. The number of ether oxygens (including phenoxy) is 1. The van der Waals surface area contributed by atoms with Crippen molar-refractivity contribution in [3.63, 3.8) is 0 Å². The predicted molar refractivity (Wildman–Crippen MR) is 108 cm³/mol. The van der Waals surface area contributed by atoms with Crippen molar-refractivity contribution < 1.29 is 14.6 Å². The van der Waals surface area contributed by atoms with Crippen molar-refractivity contribution in [2.24, 2.45) is 0 Å². The molecule has 0 saturated heterocycles. The fraction of sp³-hybridized carbons (Fsp3) is 0.348. The predicted octanol–water partition coefficient (Wildman–Crippen LogP) is 6.24. The third kappa shape index (κ3) is 3.09. The SMILES string of the molecule is CC1(C)CCC(C)(C)c2cc3cc(-c4c[nH]c(OC(=O)O)c4)ccc3cc21.